The zero-order chi connectivity index (χ0) is 39.0. The lowest BCUT2D eigenvalue weighted by Gasteiger charge is -2.33. The molecule has 4 N–H and O–H groups in total. The van der Waals surface area contributed by atoms with Crippen LogP contribution in [0.25, 0.3) is 10.8 Å². The van der Waals surface area contributed by atoms with Crippen molar-refractivity contribution in [2.24, 2.45) is 17.8 Å². The van der Waals surface area contributed by atoms with Gasteiger partial charge in [-0.25, -0.2) is 17.6 Å². The third-order valence-electron chi connectivity index (χ3n) is 11.4. The van der Waals surface area contributed by atoms with E-state index in [2.05, 4.69) is 20.3 Å². The number of pyridine rings is 1. The number of carbonyl (C=O) groups is 4. The number of allylic oxidation sites excluding steroid dienone is 1. The Hall–Kier alpha value is -4.67. The second-order valence-electron chi connectivity index (χ2n) is 15.0. The number of carbonyl (C=O) groups excluding carboxylic acids is 3. The van der Waals surface area contributed by atoms with Crippen LogP contribution in [0.1, 0.15) is 65.2 Å². The van der Waals surface area contributed by atoms with Crippen molar-refractivity contribution < 1.29 is 51.3 Å². The SMILES string of the molecule is CC[C@@H]1C[C@@H](C)CC/C=C\[C@@H]2C[C@@]2(C(=O)NS(=O)(=O)C2(CF)CC2)NC(=O)[C@@H]2C[C@@H](Oc3nc(OC)cc4cc(OC)ccc34)CN2C(=O)[C@H]1NC(=O)O. The van der Waals surface area contributed by atoms with Gasteiger partial charge in [0.05, 0.1) is 20.8 Å². The van der Waals surface area contributed by atoms with Gasteiger partial charge in [-0.1, -0.05) is 32.4 Å². The molecule has 294 valence electrons. The van der Waals surface area contributed by atoms with Gasteiger partial charge in [-0.3, -0.25) is 19.1 Å². The predicted molar refractivity (Wildman–Crippen MR) is 194 cm³/mol. The number of sulfonamides is 1. The highest BCUT2D eigenvalue weighted by Crippen LogP contribution is 2.48. The van der Waals surface area contributed by atoms with Gasteiger partial charge in [0.2, 0.25) is 33.6 Å². The van der Waals surface area contributed by atoms with Gasteiger partial charge in [0, 0.05) is 23.8 Å². The fourth-order valence-corrected chi connectivity index (χ4v) is 9.19. The maximum Gasteiger partial charge on any atom is 0.405 e. The minimum absolute atomic E-state index is 0.0669. The molecule has 3 fully saturated rings. The average molecular weight is 774 g/mol. The number of alkyl halides is 1. The summed E-state index contributed by atoms with van der Waals surface area (Å²) in [6.45, 7) is 2.62. The van der Waals surface area contributed by atoms with E-state index in [1.165, 1.54) is 19.1 Å². The van der Waals surface area contributed by atoms with Gasteiger partial charge in [-0.05, 0) is 73.9 Å². The molecule has 0 radical (unpaired) electrons. The van der Waals surface area contributed by atoms with Crippen molar-refractivity contribution in [2.45, 2.75) is 93.7 Å². The number of fused-ring (bicyclic) bond motifs is 3. The number of halogens is 1. The summed E-state index contributed by atoms with van der Waals surface area (Å²) in [5.74, 6) is -2.24. The molecule has 0 unspecified atom stereocenters. The van der Waals surface area contributed by atoms with Crippen LogP contribution < -0.4 is 29.6 Å². The molecule has 1 aromatic carbocycles. The summed E-state index contributed by atoms with van der Waals surface area (Å²) in [5, 5.41) is 16.4. The number of hydrogen-bond acceptors (Lipinski definition) is 10. The number of aromatic nitrogens is 1. The summed E-state index contributed by atoms with van der Waals surface area (Å²) in [5.41, 5.74) is -1.68. The maximum atomic E-state index is 14.6. The average Bonchev–Trinajstić information content (AvgIpc) is 4.05. The summed E-state index contributed by atoms with van der Waals surface area (Å²) >= 11 is 0. The van der Waals surface area contributed by atoms with Crippen molar-refractivity contribution in [1.29, 1.82) is 0 Å². The predicted octanol–water partition coefficient (Wildman–Crippen LogP) is 3.46. The molecule has 3 heterocycles. The van der Waals surface area contributed by atoms with Crippen molar-refractivity contribution in [3.8, 4) is 17.5 Å². The third-order valence-corrected chi connectivity index (χ3v) is 13.5. The molecular formula is C37H48FN5O10S. The van der Waals surface area contributed by atoms with E-state index in [1.807, 2.05) is 19.9 Å². The van der Waals surface area contributed by atoms with E-state index in [4.69, 9.17) is 14.2 Å². The first kappa shape index (κ1) is 39.0. The van der Waals surface area contributed by atoms with E-state index in [1.54, 1.807) is 30.3 Å². The highest BCUT2D eigenvalue weighted by atomic mass is 32.2. The fraction of sp³-hybridized carbons (Fsp3) is 0.595. The van der Waals surface area contributed by atoms with Crippen LogP contribution in [0, 0.1) is 17.8 Å². The minimum atomic E-state index is -4.40. The summed E-state index contributed by atoms with van der Waals surface area (Å²) in [7, 11) is -1.41. The van der Waals surface area contributed by atoms with Crippen LogP contribution in [0.5, 0.6) is 17.5 Å². The number of carboxylic acid groups (broad SMARTS) is 1. The van der Waals surface area contributed by atoms with E-state index in [-0.39, 0.29) is 49.9 Å². The molecule has 4 aliphatic rings. The van der Waals surface area contributed by atoms with Gasteiger partial charge >= 0.3 is 6.09 Å². The quantitative estimate of drug-likeness (QED) is 0.258. The van der Waals surface area contributed by atoms with E-state index in [9.17, 15) is 37.1 Å². The van der Waals surface area contributed by atoms with Crippen molar-refractivity contribution in [3.63, 3.8) is 0 Å². The van der Waals surface area contributed by atoms with Crippen LogP contribution >= 0.6 is 0 Å². The summed E-state index contributed by atoms with van der Waals surface area (Å²) in [4.78, 5) is 60.7. The summed E-state index contributed by atoms with van der Waals surface area (Å²) in [6.07, 6.45) is 3.91. The van der Waals surface area contributed by atoms with Gasteiger partial charge < -0.3 is 34.9 Å². The number of amides is 4. The number of benzene rings is 1. The molecule has 2 saturated carbocycles. The van der Waals surface area contributed by atoms with Gasteiger partial charge in [-0.2, -0.15) is 4.98 Å². The summed E-state index contributed by atoms with van der Waals surface area (Å²) in [6, 6.07) is 4.53. The van der Waals surface area contributed by atoms with E-state index in [0.717, 1.165) is 0 Å². The molecule has 15 nitrogen and oxygen atoms in total. The largest absolute Gasteiger partial charge is 0.497 e. The standard InChI is InChI=1S/C37H48FN5O10S/c1-5-22-14-21(2)8-6-7-9-24-18-37(24,34(46)42-54(49,50)36(20-38)12-13-36)41-31(44)28-17-26(19-43(28)33(45)30(22)40-35(47)48)53-32-27-11-10-25(51-3)15-23(27)16-29(39-32)52-4/h7,9-11,15-16,21-22,24,26,28,30,40H,5-6,8,12-14,17-20H2,1-4H3,(H,41,44)(H,42,46)(H,47,48)/b9-7-/t21-,22+,24+,26+,28-,30-,37+/m0/s1. The molecule has 1 saturated heterocycles. The molecule has 0 spiro atoms. The molecule has 1 aromatic heterocycles. The van der Waals surface area contributed by atoms with Crippen LogP contribution in [0.2, 0.25) is 0 Å². The summed E-state index contributed by atoms with van der Waals surface area (Å²) < 4.78 is 57.6. The number of rotatable bonds is 10. The Labute approximate surface area is 313 Å². The highest BCUT2D eigenvalue weighted by Gasteiger charge is 2.64. The topological polar surface area (TPSA) is 203 Å². The molecule has 17 heteroatoms. The molecule has 6 rings (SSSR count). The van der Waals surface area contributed by atoms with E-state index < -0.39 is 80.8 Å². The Bertz CT molecular complexity index is 1940. The fourth-order valence-electron chi connectivity index (χ4n) is 7.76. The van der Waals surface area contributed by atoms with Gasteiger partial charge in [0.15, 0.2) is 0 Å². The molecule has 2 aliphatic heterocycles. The number of nitrogens with zero attached hydrogens (tertiary/aromatic N) is 2. The van der Waals surface area contributed by atoms with Crippen LogP contribution in [-0.2, 0) is 24.4 Å². The van der Waals surface area contributed by atoms with Crippen LogP contribution in [0.4, 0.5) is 9.18 Å². The van der Waals surface area contributed by atoms with Crippen molar-refractivity contribution in [1.82, 2.24) is 25.2 Å². The highest BCUT2D eigenvalue weighted by molar-refractivity contribution is 7.91. The second-order valence-corrected chi connectivity index (χ2v) is 17.1. The van der Waals surface area contributed by atoms with Crippen LogP contribution in [0.3, 0.4) is 0 Å². The van der Waals surface area contributed by atoms with Gasteiger partial charge in [-0.15, -0.1) is 0 Å². The minimum Gasteiger partial charge on any atom is -0.497 e. The third kappa shape index (κ3) is 7.64. The Kier molecular flexibility index (Phi) is 11.0. The van der Waals surface area contributed by atoms with E-state index in [0.29, 0.717) is 42.2 Å². The number of ether oxygens (including phenoxy) is 3. The lowest BCUT2D eigenvalue weighted by atomic mass is 9.85. The molecule has 2 aromatic rings. The van der Waals surface area contributed by atoms with Crippen molar-refractivity contribution in [2.75, 3.05) is 27.4 Å². The maximum absolute atomic E-state index is 14.6. The molecule has 0 bridgehead atoms. The van der Waals surface area contributed by atoms with Crippen LogP contribution in [0.15, 0.2) is 36.4 Å². The van der Waals surface area contributed by atoms with Gasteiger partial charge in [0.1, 0.15) is 40.9 Å². The number of nitrogens with one attached hydrogen (secondary N) is 3. The van der Waals surface area contributed by atoms with E-state index >= 15 is 0 Å². The monoisotopic (exact) mass is 773 g/mol. The normalized spacial score (nSPS) is 30.1. The lowest BCUT2D eigenvalue weighted by Crippen LogP contribution is -2.59. The Balaban J connectivity index is 1.36. The number of hydrogen-bond donors (Lipinski definition) is 4. The first-order valence-electron chi connectivity index (χ1n) is 18.3. The first-order chi connectivity index (χ1) is 25.7. The van der Waals surface area contributed by atoms with Gasteiger partial charge in [0.25, 0.3) is 5.91 Å². The number of methoxy groups -OCH3 is 2. The smallest absolute Gasteiger partial charge is 0.405 e. The molecule has 4 amide bonds. The Morgan fingerprint density at radius 2 is 1.91 bits per heavy atom. The molecular weight excluding hydrogens is 725 g/mol. The lowest BCUT2D eigenvalue weighted by molar-refractivity contribution is -0.142. The van der Waals surface area contributed by atoms with Crippen molar-refractivity contribution >= 4 is 44.6 Å². The zero-order valence-corrected chi connectivity index (χ0v) is 31.6. The van der Waals surface area contributed by atoms with Crippen LogP contribution in [-0.4, -0.2) is 103 Å². The first-order valence-corrected chi connectivity index (χ1v) is 19.8. The Morgan fingerprint density at radius 1 is 1.15 bits per heavy atom. The Morgan fingerprint density at radius 3 is 2.56 bits per heavy atom. The second kappa shape index (κ2) is 15.2. The molecule has 54 heavy (non-hydrogen) atoms. The van der Waals surface area contributed by atoms with Crippen molar-refractivity contribution in [3.05, 3.63) is 36.4 Å². The molecule has 7 atom stereocenters. The molecule has 2 aliphatic carbocycles. The zero-order valence-electron chi connectivity index (χ0n) is 30.8.